The summed E-state index contributed by atoms with van der Waals surface area (Å²) >= 11 is 1.90. The molecular formula is C37H65N5S. The summed E-state index contributed by atoms with van der Waals surface area (Å²) in [6, 6.07) is 15.0. The Morgan fingerprint density at radius 3 is 2.14 bits per heavy atom. The van der Waals surface area contributed by atoms with E-state index < -0.39 is 0 Å². The minimum atomic E-state index is -0.0162. The molecule has 2 N–H and O–H groups in total. The molecule has 3 rings (SSSR count). The van der Waals surface area contributed by atoms with Gasteiger partial charge in [0.2, 0.25) is 5.96 Å². The average Bonchev–Trinajstić information content (AvgIpc) is 3.22. The Morgan fingerprint density at radius 2 is 1.56 bits per heavy atom. The molecule has 0 atom stereocenters. The molecule has 0 unspecified atom stereocenters. The first kappa shape index (κ1) is 42.7. The van der Waals surface area contributed by atoms with Crippen LogP contribution in [-0.4, -0.2) is 47.5 Å². The number of thioether (sulfide) groups is 1. The first-order valence-corrected chi connectivity index (χ1v) is 17.1. The second-order valence-corrected chi connectivity index (χ2v) is 12.3. The Bertz CT molecular complexity index is 1050. The second kappa shape index (κ2) is 24.0. The predicted octanol–water partition coefficient (Wildman–Crippen LogP) is 10.2. The topological polar surface area (TPSA) is 52.0 Å². The Hall–Kier alpha value is -2.41. The maximum absolute atomic E-state index is 4.99. The van der Waals surface area contributed by atoms with Crippen LogP contribution in [0, 0.1) is 6.92 Å². The average molecular weight is 612 g/mol. The van der Waals surface area contributed by atoms with Gasteiger partial charge < -0.3 is 15.5 Å². The van der Waals surface area contributed by atoms with Crippen LogP contribution >= 0.6 is 11.8 Å². The van der Waals surface area contributed by atoms with Gasteiger partial charge >= 0.3 is 0 Å². The van der Waals surface area contributed by atoms with Gasteiger partial charge in [0.1, 0.15) is 0 Å². The fourth-order valence-electron chi connectivity index (χ4n) is 4.33. The summed E-state index contributed by atoms with van der Waals surface area (Å²) in [5, 5.41) is 7.43. The van der Waals surface area contributed by atoms with E-state index in [4.69, 9.17) is 4.99 Å². The molecule has 5 nitrogen and oxygen atoms in total. The highest BCUT2D eigenvalue weighted by atomic mass is 32.2. The van der Waals surface area contributed by atoms with Crippen LogP contribution in [0.1, 0.15) is 106 Å². The number of aryl methyl sites for hydroxylation is 1. The highest BCUT2D eigenvalue weighted by molar-refractivity contribution is 7.99. The molecule has 0 radical (unpaired) electrons. The lowest BCUT2D eigenvalue weighted by Crippen LogP contribution is -2.56. The Kier molecular flexibility index (Phi) is 23.8. The fourth-order valence-corrected chi connectivity index (χ4v) is 5.36. The Balaban J connectivity index is 0. The zero-order valence-electron chi connectivity index (χ0n) is 29.9. The monoisotopic (exact) mass is 611 g/mol. The molecule has 6 heteroatoms. The first-order chi connectivity index (χ1) is 20.5. The van der Waals surface area contributed by atoms with Crippen molar-refractivity contribution in [1.82, 2.24) is 15.5 Å². The second-order valence-electron chi connectivity index (χ2n) is 11.1. The van der Waals surface area contributed by atoms with Crippen molar-refractivity contribution < 1.29 is 0 Å². The van der Waals surface area contributed by atoms with Crippen molar-refractivity contribution >= 4 is 30.1 Å². The van der Waals surface area contributed by atoms with Crippen LogP contribution in [0.5, 0.6) is 0 Å². The van der Waals surface area contributed by atoms with Crippen LogP contribution in [0.4, 0.5) is 5.69 Å². The van der Waals surface area contributed by atoms with Crippen molar-refractivity contribution in [2.24, 2.45) is 9.98 Å². The normalized spacial score (nSPS) is 12.7. The predicted molar refractivity (Wildman–Crippen MR) is 199 cm³/mol. The van der Waals surface area contributed by atoms with Crippen molar-refractivity contribution in [1.29, 1.82) is 0 Å². The number of rotatable bonds is 8. The maximum Gasteiger partial charge on any atom is 0.225 e. The molecule has 2 aromatic carbocycles. The number of guanidine groups is 1. The summed E-state index contributed by atoms with van der Waals surface area (Å²) in [6.45, 7) is 38.8. The molecule has 244 valence electrons. The lowest BCUT2D eigenvalue weighted by Gasteiger charge is -2.37. The van der Waals surface area contributed by atoms with Gasteiger partial charge in [0.15, 0.2) is 0 Å². The molecule has 0 fully saturated rings. The summed E-state index contributed by atoms with van der Waals surface area (Å²) in [5.41, 5.74) is 4.77. The molecule has 1 aliphatic rings. The van der Waals surface area contributed by atoms with Gasteiger partial charge in [-0.2, -0.15) is 0 Å². The number of fused-ring (bicyclic) bond motifs is 1. The molecule has 1 aliphatic heterocycles. The van der Waals surface area contributed by atoms with E-state index in [2.05, 4.69) is 138 Å². The minimum Gasteiger partial charge on any atom is -0.336 e. The zero-order chi connectivity index (χ0) is 33.5. The van der Waals surface area contributed by atoms with Gasteiger partial charge in [0.05, 0.1) is 5.69 Å². The van der Waals surface area contributed by atoms with Crippen molar-refractivity contribution in [3.8, 4) is 0 Å². The molecule has 0 aliphatic carbocycles. The zero-order valence-corrected chi connectivity index (χ0v) is 30.7. The van der Waals surface area contributed by atoms with Gasteiger partial charge in [-0.1, -0.05) is 90.8 Å². The largest absolute Gasteiger partial charge is 0.336 e. The third kappa shape index (κ3) is 16.9. The molecule has 0 amide bonds. The number of nitrogens with one attached hydrogen (secondary N) is 2. The summed E-state index contributed by atoms with van der Waals surface area (Å²) < 4.78 is 0. The molecule has 0 bridgehead atoms. The number of nitrogens with zero attached hydrogens (tertiary/aromatic N) is 3. The van der Waals surface area contributed by atoms with E-state index >= 15 is 0 Å². The third-order valence-electron chi connectivity index (χ3n) is 6.28. The maximum atomic E-state index is 4.99. The van der Waals surface area contributed by atoms with Crippen LogP contribution in [-0.2, 0) is 13.1 Å². The molecular weight excluding hydrogens is 547 g/mol. The standard InChI is InChI=1S/C28H41N5S.C3H8.2C2H6.C2H4/c1-8-27(3,4)32-28(5,6)20-30-18-23-17-21(2)13-14-24(23)31-26(29-7)33-15-16-34-25-12-10-9-11-22(25)19-33;1-3-2;3*1-2/h9-14,17,30,32H,7-8,15-16,18-20H2,1-6H3;3H2,1-2H3;2*1-2H3;1-2H2. The third-order valence-corrected chi connectivity index (χ3v) is 7.37. The molecule has 0 saturated carbocycles. The molecule has 0 aromatic heterocycles. The smallest absolute Gasteiger partial charge is 0.225 e. The van der Waals surface area contributed by atoms with Crippen LogP contribution in [0.25, 0.3) is 0 Å². The number of aliphatic imine (C=N–C) groups is 2. The lowest BCUT2D eigenvalue weighted by atomic mass is 9.95. The van der Waals surface area contributed by atoms with Crippen LogP contribution < -0.4 is 10.6 Å². The molecule has 0 spiro atoms. The van der Waals surface area contributed by atoms with E-state index in [1.54, 1.807) is 0 Å². The molecule has 2 aromatic rings. The van der Waals surface area contributed by atoms with Gasteiger partial charge in [0, 0.05) is 47.9 Å². The summed E-state index contributed by atoms with van der Waals surface area (Å²) in [7, 11) is 0. The Labute approximate surface area is 271 Å². The first-order valence-electron chi connectivity index (χ1n) is 16.1. The van der Waals surface area contributed by atoms with Crippen molar-refractivity contribution in [3.05, 3.63) is 72.3 Å². The fraction of sp³-hybridized carbons (Fsp3) is 0.568. The van der Waals surface area contributed by atoms with E-state index in [1.807, 2.05) is 39.5 Å². The Morgan fingerprint density at radius 1 is 0.953 bits per heavy atom. The van der Waals surface area contributed by atoms with Gasteiger partial charge in [0.25, 0.3) is 0 Å². The van der Waals surface area contributed by atoms with Crippen molar-refractivity contribution in [3.63, 3.8) is 0 Å². The van der Waals surface area contributed by atoms with E-state index in [-0.39, 0.29) is 11.1 Å². The van der Waals surface area contributed by atoms with Gasteiger partial charge in [-0.25, -0.2) is 9.98 Å². The van der Waals surface area contributed by atoms with Gasteiger partial charge in [-0.3, -0.25) is 0 Å². The lowest BCUT2D eigenvalue weighted by molar-refractivity contribution is 0.250. The van der Waals surface area contributed by atoms with Crippen molar-refractivity contribution in [2.45, 2.75) is 125 Å². The number of benzene rings is 2. The number of hydrogen-bond acceptors (Lipinski definition) is 4. The van der Waals surface area contributed by atoms with E-state index in [0.29, 0.717) is 5.96 Å². The van der Waals surface area contributed by atoms with E-state index in [1.165, 1.54) is 28.0 Å². The highest BCUT2D eigenvalue weighted by Crippen LogP contribution is 2.28. The van der Waals surface area contributed by atoms with Crippen LogP contribution in [0.2, 0.25) is 0 Å². The van der Waals surface area contributed by atoms with E-state index in [0.717, 1.165) is 44.0 Å². The summed E-state index contributed by atoms with van der Waals surface area (Å²) in [5.74, 6) is 1.69. The summed E-state index contributed by atoms with van der Waals surface area (Å²) in [6.07, 6.45) is 2.34. The molecule has 43 heavy (non-hydrogen) atoms. The highest BCUT2D eigenvalue weighted by Gasteiger charge is 2.26. The summed E-state index contributed by atoms with van der Waals surface area (Å²) in [4.78, 5) is 12.9. The minimum absolute atomic E-state index is 0.0162. The quantitative estimate of drug-likeness (QED) is 0.177. The molecule has 1 heterocycles. The van der Waals surface area contributed by atoms with Gasteiger partial charge in [-0.15, -0.1) is 24.9 Å². The van der Waals surface area contributed by atoms with Gasteiger partial charge in [-0.05, 0) is 71.0 Å². The van der Waals surface area contributed by atoms with E-state index in [9.17, 15) is 0 Å². The molecule has 0 saturated heterocycles. The van der Waals surface area contributed by atoms with Crippen molar-refractivity contribution in [2.75, 3.05) is 18.8 Å². The van der Waals surface area contributed by atoms with Crippen LogP contribution in [0.15, 0.2) is 70.5 Å². The number of hydrogen-bond donors (Lipinski definition) is 2. The SMILES string of the molecule is C=C.C=NC(=Nc1ccc(C)cc1CNCC(C)(C)NC(C)(C)CC)N1CCSc2ccccc2C1.CC.CC.CCC. The van der Waals surface area contributed by atoms with Crippen LogP contribution in [0.3, 0.4) is 0 Å².